The minimum absolute atomic E-state index is 0.178. The van der Waals surface area contributed by atoms with Crippen molar-refractivity contribution in [3.8, 4) is 11.4 Å². The maximum atomic E-state index is 14.6. The Morgan fingerprint density at radius 2 is 2.05 bits per heavy atom. The molecule has 4 N–H and O–H groups in total. The van der Waals surface area contributed by atoms with Crippen LogP contribution in [0.15, 0.2) is 42.9 Å². The van der Waals surface area contributed by atoms with Crippen molar-refractivity contribution in [1.29, 1.82) is 0 Å². The summed E-state index contributed by atoms with van der Waals surface area (Å²) in [6, 6.07) is 8.10. The van der Waals surface area contributed by atoms with Gasteiger partial charge in [0.15, 0.2) is 11.5 Å². The van der Waals surface area contributed by atoms with Crippen molar-refractivity contribution in [3.05, 3.63) is 65.4 Å². The van der Waals surface area contributed by atoms with E-state index in [2.05, 4.69) is 30.8 Å². The molecule has 11 nitrogen and oxygen atoms in total. The molecule has 0 radical (unpaired) electrons. The van der Waals surface area contributed by atoms with Crippen LogP contribution in [0.5, 0.6) is 0 Å². The van der Waals surface area contributed by atoms with E-state index >= 15 is 0 Å². The number of pyridine rings is 3. The van der Waals surface area contributed by atoms with Crippen LogP contribution in [0.3, 0.4) is 0 Å². The molecule has 3 aliphatic rings. The number of carbonyl (C=O) groups excluding carboxylic acids is 1. The van der Waals surface area contributed by atoms with Crippen molar-refractivity contribution in [2.75, 3.05) is 29.9 Å². The van der Waals surface area contributed by atoms with Crippen molar-refractivity contribution < 1.29 is 19.1 Å². The Balaban J connectivity index is 0.000000883. The van der Waals surface area contributed by atoms with Crippen LogP contribution in [0.25, 0.3) is 17.0 Å². The van der Waals surface area contributed by atoms with Gasteiger partial charge in [0, 0.05) is 44.0 Å². The smallest absolute Gasteiger partial charge is 0.290 e. The number of rotatable bonds is 4. The summed E-state index contributed by atoms with van der Waals surface area (Å²) in [4.78, 5) is 37.4. The molecule has 0 aromatic carbocycles. The van der Waals surface area contributed by atoms with Crippen LogP contribution in [-0.4, -0.2) is 62.5 Å². The Labute approximate surface area is 223 Å². The molecule has 2 fully saturated rings. The molecular weight excluding hydrogens is 503 g/mol. The molecule has 0 spiro atoms. The molecule has 2 atom stereocenters. The minimum atomic E-state index is -0.364. The van der Waals surface area contributed by atoms with Gasteiger partial charge in [0.25, 0.3) is 12.4 Å². The standard InChI is InChI=1S/C26H25FN8O.CH2O2/c1-14-5-7-35-19(13-30-25(35)23(14)27)24-16-10-31-26(36)22(16)17(11-29-24)32-20-3-2-4-21(33-20)34-8-6-15-9-28-12-18(15)34;2-1-3/h2-5,7,11,13,15,18,28H,6,8-10,12H2,1H3,(H,31,36)(H,32,33);1H,(H,2,3). The van der Waals surface area contributed by atoms with Gasteiger partial charge < -0.3 is 26.0 Å². The largest absolute Gasteiger partial charge is 0.483 e. The number of aryl methyl sites for hydroxylation is 1. The van der Waals surface area contributed by atoms with E-state index in [9.17, 15) is 9.18 Å². The van der Waals surface area contributed by atoms with Crippen LogP contribution < -0.4 is 20.9 Å². The average Bonchev–Trinajstić information content (AvgIpc) is 3.72. The predicted molar refractivity (Wildman–Crippen MR) is 143 cm³/mol. The number of imidazole rings is 1. The number of carboxylic acid groups (broad SMARTS) is 1. The number of halogens is 1. The third-order valence-electron chi connectivity index (χ3n) is 7.62. The van der Waals surface area contributed by atoms with Crippen molar-refractivity contribution in [3.63, 3.8) is 0 Å². The third-order valence-corrected chi connectivity index (χ3v) is 7.62. The van der Waals surface area contributed by atoms with E-state index < -0.39 is 0 Å². The van der Waals surface area contributed by atoms with Crippen LogP contribution in [0.4, 0.5) is 21.7 Å². The van der Waals surface area contributed by atoms with Gasteiger partial charge in [-0.15, -0.1) is 0 Å². The zero-order chi connectivity index (χ0) is 27.1. The first kappa shape index (κ1) is 24.7. The molecular formula is C27H27FN8O3. The summed E-state index contributed by atoms with van der Waals surface area (Å²) < 4.78 is 16.3. The highest BCUT2D eigenvalue weighted by Crippen LogP contribution is 2.35. The van der Waals surface area contributed by atoms with Crippen LogP contribution in [-0.2, 0) is 11.3 Å². The van der Waals surface area contributed by atoms with Crippen LogP contribution >= 0.6 is 0 Å². The lowest BCUT2D eigenvalue weighted by molar-refractivity contribution is -0.122. The van der Waals surface area contributed by atoms with Crippen LogP contribution in [0.1, 0.15) is 27.9 Å². The second-order valence-electron chi connectivity index (χ2n) is 9.79. The Bertz CT molecular complexity index is 1590. The molecule has 12 heteroatoms. The lowest BCUT2D eigenvalue weighted by atomic mass is 10.1. The van der Waals surface area contributed by atoms with Gasteiger partial charge in [0.2, 0.25) is 0 Å². The molecule has 0 saturated carbocycles. The summed E-state index contributed by atoms with van der Waals surface area (Å²) in [5.74, 6) is 1.72. The quantitative estimate of drug-likeness (QED) is 0.294. The van der Waals surface area contributed by atoms with E-state index in [1.807, 2.05) is 18.2 Å². The highest BCUT2D eigenvalue weighted by Gasteiger charge is 2.38. The number of fused-ring (bicyclic) bond motifs is 3. The van der Waals surface area contributed by atoms with E-state index in [-0.39, 0.29) is 23.8 Å². The summed E-state index contributed by atoms with van der Waals surface area (Å²) >= 11 is 0. The first-order valence-electron chi connectivity index (χ1n) is 12.7. The van der Waals surface area contributed by atoms with Gasteiger partial charge in [-0.2, -0.15) is 0 Å². The van der Waals surface area contributed by atoms with Gasteiger partial charge in [-0.1, -0.05) is 6.07 Å². The highest BCUT2D eigenvalue weighted by atomic mass is 19.1. The Morgan fingerprint density at radius 1 is 1.21 bits per heavy atom. The number of hydrogen-bond acceptors (Lipinski definition) is 8. The molecule has 2 unspecified atom stereocenters. The average molecular weight is 531 g/mol. The molecule has 1 amide bonds. The Hall–Kier alpha value is -4.58. The van der Waals surface area contributed by atoms with Gasteiger partial charge in [0.1, 0.15) is 11.6 Å². The first-order valence-corrected chi connectivity index (χ1v) is 12.7. The second kappa shape index (κ2) is 9.95. The summed E-state index contributed by atoms with van der Waals surface area (Å²) in [7, 11) is 0. The number of nitrogens with zero attached hydrogens (tertiary/aromatic N) is 5. The fraction of sp³-hybridized carbons (Fsp3) is 0.296. The van der Waals surface area contributed by atoms with Crippen molar-refractivity contribution in [1.82, 2.24) is 30.0 Å². The van der Waals surface area contributed by atoms with Gasteiger partial charge in [-0.25, -0.2) is 14.4 Å². The molecule has 0 bridgehead atoms. The number of aromatic nitrogens is 4. The summed E-state index contributed by atoms with van der Waals surface area (Å²) in [5.41, 5.74) is 3.87. The fourth-order valence-corrected chi connectivity index (χ4v) is 5.77. The Kier molecular flexibility index (Phi) is 6.31. The number of nitrogens with one attached hydrogen (secondary N) is 3. The minimum Gasteiger partial charge on any atom is -0.483 e. The van der Waals surface area contributed by atoms with Gasteiger partial charge >= 0.3 is 0 Å². The van der Waals surface area contributed by atoms with E-state index in [0.717, 1.165) is 31.0 Å². The maximum Gasteiger partial charge on any atom is 0.290 e. The zero-order valence-corrected chi connectivity index (χ0v) is 21.2. The van der Waals surface area contributed by atoms with Crippen LogP contribution in [0, 0.1) is 18.7 Å². The third kappa shape index (κ3) is 4.22. The Morgan fingerprint density at radius 3 is 2.90 bits per heavy atom. The highest BCUT2D eigenvalue weighted by molar-refractivity contribution is 6.05. The van der Waals surface area contributed by atoms with Crippen molar-refractivity contribution >= 4 is 35.3 Å². The molecule has 4 aromatic rings. The summed E-state index contributed by atoms with van der Waals surface area (Å²) in [5, 5.41) is 16.6. The molecule has 4 aromatic heterocycles. The van der Waals surface area contributed by atoms with Gasteiger partial charge in [0.05, 0.1) is 35.0 Å². The van der Waals surface area contributed by atoms with Crippen molar-refractivity contribution in [2.24, 2.45) is 5.92 Å². The number of amides is 1. The van der Waals surface area contributed by atoms with Gasteiger partial charge in [-0.05, 0) is 43.0 Å². The molecule has 3 aliphatic heterocycles. The topological polar surface area (TPSA) is 137 Å². The summed E-state index contributed by atoms with van der Waals surface area (Å²) in [6.45, 7) is 4.84. The number of carbonyl (C=O) groups is 2. The summed E-state index contributed by atoms with van der Waals surface area (Å²) in [6.07, 6.45) is 6.19. The molecule has 7 rings (SSSR count). The predicted octanol–water partition coefficient (Wildman–Crippen LogP) is 2.72. The SMILES string of the molecule is Cc1ccn2c(-c3ncc(Nc4cccc(N5CCC6CNCC65)n4)c4c3CNC4=O)cnc2c1F.O=CO. The van der Waals surface area contributed by atoms with Crippen molar-refractivity contribution in [2.45, 2.75) is 25.9 Å². The van der Waals surface area contributed by atoms with E-state index in [1.54, 1.807) is 36.0 Å². The van der Waals surface area contributed by atoms with E-state index in [1.165, 1.54) is 6.42 Å². The maximum absolute atomic E-state index is 14.6. The zero-order valence-electron chi connectivity index (χ0n) is 21.2. The number of hydrogen-bond donors (Lipinski definition) is 4. The van der Waals surface area contributed by atoms with E-state index in [4.69, 9.17) is 14.9 Å². The lowest BCUT2D eigenvalue weighted by Crippen LogP contribution is -2.34. The normalized spacial score (nSPS) is 19.3. The van der Waals surface area contributed by atoms with Gasteiger partial charge in [-0.3, -0.25) is 19.0 Å². The van der Waals surface area contributed by atoms with Crippen LogP contribution in [0.2, 0.25) is 0 Å². The molecule has 0 aliphatic carbocycles. The molecule has 200 valence electrons. The fourth-order valence-electron chi connectivity index (χ4n) is 5.77. The monoisotopic (exact) mass is 530 g/mol. The first-order chi connectivity index (χ1) is 19.0. The van der Waals surface area contributed by atoms with E-state index in [0.29, 0.717) is 52.5 Å². The number of anilines is 3. The molecule has 2 saturated heterocycles. The second-order valence-corrected chi connectivity index (χ2v) is 9.79. The molecule has 7 heterocycles. The lowest BCUT2D eigenvalue weighted by Gasteiger charge is -2.25. The molecule has 39 heavy (non-hydrogen) atoms.